The minimum atomic E-state index is -1.18. The van der Waals surface area contributed by atoms with Crippen LogP contribution in [0, 0.1) is 0 Å². The van der Waals surface area contributed by atoms with Gasteiger partial charge in [0.15, 0.2) is 5.69 Å². The van der Waals surface area contributed by atoms with Crippen LogP contribution in [-0.4, -0.2) is 26.0 Å². The van der Waals surface area contributed by atoms with Crippen molar-refractivity contribution in [2.45, 2.75) is 6.54 Å². The van der Waals surface area contributed by atoms with Crippen molar-refractivity contribution in [3.05, 3.63) is 58.3 Å². The van der Waals surface area contributed by atoms with E-state index in [0.717, 1.165) is 4.68 Å². The Bertz CT molecular complexity index is 836. The first-order valence-corrected chi connectivity index (χ1v) is 5.78. The smallest absolute Gasteiger partial charge is 0.357 e. The lowest BCUT2D eigenvalue weighted by Gasteiger charge is -2.07. The van der Waals surface area contributed by atoms with Gasteiger partial charge in [0.25, 0.3) is 5.56 Å². The molecule has 1 aromatic carbocycles. The average molecular weight is 271 g/mol. The number of hydrogen-bond acceptors (Lipinski definition) is 5. The summed E-state index contributed by atoms with van der Waals surface area (Å²) >= 11 is 0. The second-order valence-electron chi connectivity index (χ2n) is 4.19. The van der Waals surface area contributed by atoms with E-state index < -0.39 is 5.97 Å². The standard InChI is InChI=1S/C13H9N3O4/c17-12-10-4-2-1-3-9(10)11(13(18)19)15-16(12)6-8-5-14-20-7-8/h1-5,7H,6H2,(H,18,19). The number of rotatable bonds is 3. The molecule has 1 N–H and O–H groups in total. The van der Waals surface area contributed by atoms with Gasteiger partial charge in [0.1, 0.15) is 6.26 Å². The van der Waals surface area contributed by atoms with E-state index in [1.54, 1.807) is 24.3 Å². The molecule has 0 radical (unpaired) electrons. The molecule has 7 nitrogen and oxygen atoms in total. The highest BCUT2D eigenvalue weighted by Gasteiger charge is 2.15. The first-order chi connectivity index (χ1) is 9.66. The molecule has 20 heavy (non-hydrogen) atoms. The van der Waals surface area contributed by atoms with Crippen LogP contribution in [0.25, 0.3) is 10.8 Å². The number of aromatic nitrogens is 3. The van der Waals surface area contributed by atoms with Crippen LogP contribution in [-0.2, 0) is 6.54 Å². The van der Waals surface area contributed by atoms with E-state index >= 15 is 0 Å². The number of carboxylic acid groups (broad SMARTS) is 1. The van der Waals surface area contributed by atoms with Crippen LogP contribution in [0.5, 0.6) is 0 Å². The first kappa shape index (κ1) is 12.1. The van der Waals surface area contributed by atoms with Crippen molar-refractivity contribution in [1.82, 2.24) is 14.9 Å². The summed E-state index contributed by atoms with van der Waals surface area (Å²) in [6.07, 6.45) is 2.83. The fourth-order valence-electron chi connectivity index (χ4n) is 1.98. The summed E-state index contributed by atoms with van der Waals surface area (Å²) in [5, 5.41) is 17.3. The molecule has 0 aliphatic heterocycles. The van der Waals surface area contributed by atoms with Crippen LogP contribution in [0.15, 0.2) is 46.0 Å². The molecule has 0 fully saturated rings. The molecule has 0 saturated heterocycles. The van der Waals surface area contributed by atoms with E-state index in [4.69, 9.17) is 0 Å². The van der Waals surface area contributed by atoms with Crippen molar-refractivity contribution >= 4 is 16.7 Å². The lowest BCUT2D eigenvalue weighted by atomic mass is 10.1. The Morgan fingerprint density at radius 3 is 2.70 bits per heavy atom. The zero-order valence-electron chi connectivity index (χ0n) is 10.2. The molecule has 3 aromatic rings. The van der Waals surface area contributed by atoms with E-state index in [-0.39, 0.29) is 17.8 Å². The van der Waals surface area contributed by atoms with Gasteiger partial charge in [0.05, 0.1) is 18.1 Å². The van der Waals surface area contributed by atoms with Crippen LogP contribution in [0.4, 0.5) is 0 Å². The zero-order chi connectivity index (χ0) is 14.1. The maximum atomic E-state index is 12.3. The van der Waals surface area contributed by atoms with Gasteiger partial charge in [-0.25, -0.2) is 9.48 Å². The summed E-state index contributed by atoms with van der Waals surface area (Å²) in [4.78, 5) is 23.6. The molecular weight excluding hydrogens is 262 g/mol. The predicted octanol–water partition coefficient (Wildman–Crippen LogP) is 1.13. The molecule has 0 bridgehead atoms. The Labute approximate surface area is 112 Å². The van der Waals surface area contributed by atoms with E-state index in [2.05, 4.69) is 14.8 Å². The molecule has 0 atom stereocenters. The quantitative estimate of drug-likeness (QED) is 0.766. The zero-order valence-corrected chi connectivity index (χ0v) is 10.2. The van der Waals surface area contributed by atoms with Gasteiger partial charge in [0.2, 0.25) is 0 Å². The molecule has 0 aliphatic carbocycles. The molecule has 0 amide bonds. The third kappa shape index (κ3) is 1.95. The lowest BCUT2D eigenvalue weighted by Crippen LogP contribution is -2.26. The minimum Gasteiger partial charge on any atom is -0.476 e. The molecule has 2 heterocycles. The first-order valence-electron chi connectivity index (χ1n) is 5.78. The Hall–Kier alpha value is -2.96. The average Bonchev–Trinajstić information content (AvgIpc) is 2.94. The van der Waals surface area contributed by atoms with Gasteiger partial charge in [0, 0.05) is 10.9 Å². The van der Waals surface area contributed by atoms with Gasteiger partial charge >= 0.3 is 5.97 Å². The predicted molar refractivity (Wildman–Crippen MR) is 68.6 cm³/mol. The Kier molecular flexibility index (Phi) is 2.79. The molecule has 2 aromatic heterocycles. The second kappa shape index (κ2) is 4.61. The van der Waals surface area contributed by atoms with E-state index in [0.29, 0.717) is 16.3 Å². The Balaban J connectivity index is 2.25. The number of carboxylic acids is 1. The third-order valence-electron chi connectivity index (χ3n) is 2.89. The largest absolute Gasteiger partial charge is 0.476 e. The summed E-state index contributed by atoms with van der Waals surface area (Å²) in [6.45, 7) is 0.105. The maximum absolute atomic E-state index is 12.3. The van der Waals surface area contributed by atoms with Gasteiger partial charge in [-0.2, -0.15) is 5.10 Å². The number of nitrogens with zero attached hydrogens (tertiary/aromatic N) is 3. The molecule has 0 aliphatic rings. The molecule has 7 heteroatoms. The topological polar surface area (TPSA) is 98.2 Å². The van der Waals surface area contributed by atoms with Crippen LogP contribution in [0.2, 0.25) is 0 Å². The maximum Gasteiger partial charge on any atom is 0.357 e. The highest BCUT2D eigenvalue weighted by molar-refractivity contribution is 6.01. The highest BCUT2D eigenvalue weighted by atomic mass is 16.5. The van der Waals surface area contributed by atoms with Crippen LogP contribution >= 0.6 is 0 Å². The monoisotopic (exact) mass is 271 g/mol. The molecule has 3 rings (SSSR count). The summed E-state index contributed by atoms with van der Waals surface area (Å²) in [6, 6.07) is 6.49. The number of fused-ring (bicyclic) bond motifs is 1. The van der Waals surface area contributed by atoms with Crippen molar-refractivity contribution in [3.8, 4) is 0 Å². The lowest BCUT2D eigenvalue weighted by molar-refractivity contribution is 0.0690. The molecule has 100 valence electrons. The third-order valence-corrected chi connectivity index (χ3v) is 2.89. The fourth-order valence-corrected chi connectivity index (χ4v) is 1.98. The van der Waals surface area contributed by atoms with Gasteiger partial charge in [-0.3, -0.25) is 4.79 Å². The minimum absolute atomic E-state index is 0.105. The normalized spacial score (nSPS) is 10.8. The summed E-state index contributed by atoms with van der Waals surface area (Å²) in [7, 11) is 0. The fraction of sp³-hybridized carbons (Fsp3) is 0.0769. The van der Waals surface area contributed by atoms with E-state index in [1.807, 2.05) is 0 Å². The number of carbonyl (C=O) groups is 1. The van der Waals surface area contributed by atoms with Crippen LogP contribution < -0.4 is 5.56 Å². The second-order valence-corrected chi connectivity index (χ2v) is 4.19. The van der Waals surface area contributed by atoms with Gasteiger partial charge < -0.3 is 9.63 Å². The molecule has 0 saturated carbocycles. The van der Waals surface area contributed by atoms with Crippen molar-refractivity contribution in [2.75, 3.05) is 0 Å². The van der Waals surface area contributed by atoms with Gasteiger partial charge in [-0.05, 0) is 6.07 Å². The number of hydrogen-bond donors (Lipinski definition) is 1. The van der Waals surface area contributed by atoms with Gasteiger partial charge in [-0.15, -0.1) is 0 Å². The van der Waals surface area contributed by atoms with Crippen molar-refractivity contribution in [2.24, 2.45) is 0 Å². The summed E-state index contributed by atoms with van der Waals surface area (Å²) in [5.74, 6) is -1.18. The highest BCUT2D eigenvalue weighted by Crippen LogP contribution is 2.13. The van der Waals surface area contributed by atoms with Gasteiger partial charge in [-0.1, -0.05) is 23.4 Å². The SMILES string of the molecule is O=C(O)c1nn(Cc2cnoc2)c(=O)c2ccccc12. The summed E-state index contributed by atoms with van der Waals surface area (Å²) < 4.78 is 5.78. The number of benzene rings is 1. The van der Waals surface area contributed by atoms with Crippen molar-refractivity contribution < 1.29 is 14.4 Å². The Morgan fingerprint density at radius 1 is 1.30 bits per heavy atom. The summed E-state index contributed by atoms with van der Waals surface area (Å²) in [5.41, 5.74) is 0.120. The van der Waals surface area contributed by atoms with Crippen LogP contribution in [0.3, 0.4) is 0 Å². The van der Waals surface area contributed by atoms with Crippen molar-refractivity contribution in [1.29, 1.82) is 0 Å². The molecule has 0 unspecified atom stereocenters. The van der Waals surface area contributed by atoms with Crippen LogP contribution in [0.1, 0.15) is 16.1 Å². The number of aromatic carboxylic acids is 1. The van der Waals surface area contributed by atoms with E-state index in [9.17, 15) is 14.7 Å². The van der Waals surface area contributed by atoms with E-state index in [1.165, 1.54) is 12.5 Å². The van der Waals surface area contributed by atoms with Crippen molar-refractivity contribution in [3.63, 3.8) is 0 Å². The molecular formula is C13H9N3O4. The molecule has 0 spiro atoms. The Morgan fingerprint density at radius 2 is 2.05 bits per heavy atom.